The van der Waals surface area contributed by atoms with Gasteiger partial charge in [-0.05, 0) is 54.2 Å². The number of aliphatic carboxylic acids is 1. The van der Waals surface area contributed by atoms with E-state index in [1.165, 1.54) is 0 Å². The maximum absolute atomic E-state index is 12.4. The fourth-order valence-corrected chi connectivity index (χ4v) is 3.53. The van der Waals surface area contributed by atoms with Crippen LogP contribution in [0, 0.1) is 5.92 Å². The number of nitrogens with one attached hydrogen (secondary N) is 1. The van der Waals surface area contributed by atoms with Gasteiger partial charge < -0.3 is 15.2 Å². The van der Waals surface area contributed by atoms with Gasteiger partial charge in [-0.2, -0.15) is 0 Å². The van der Waals surface area contributed by atoms with Crippen molar-refractivity contribution in [3.63, 3.8) is 0 Å². The van der Waals surface area contributed by atoms with Crippen LogP contribution >= 0.6 is 0 Å². The number of benzene rings is 2. The summed E-state index contributed by atoms with van der Waals surface area (Å²) in [6.07, 6.45) is 3.03. The topological polar surface area (TPSA) is 75.6 Å². The Morgan fingerprint density at radius 2 is 1.92 bits per heavy atom. The molecule has 0 radical (unpaired) electrons. The van der Waals surface area contributed by atoms with Gasteiger partial charge >= 0.3 is 5.97 Å². The van der Waals surface area contributed by atoms with Crippen LogP contribution in [0.15, 0.2) is 36.4 Å². The van der Waals surface area contributed by atoms with Crippen LogP contribution in [0.5, 0.6) is 5.75 Å². The van der Waals surface area contributed by atoms with Crippen molar-refractivity contribution in [3.05, 3.63) is 42.0 Å². The third kappa shape index (κ3) is 4.10. The summed E-state index contributed by atoms with van der Waals surface area (Å²) in [5.74, 6) is -0.241. The monoisotopic (exact) mass is 341 g/mol. The fourth-order valence-electron chi connectivity index (χ4n) is 3.53. The molecule has 1 saturated carbocycles. The number of hydrogen-bond donors (Lipinski definition) is 2. The van der Waals surface area contributed by atoms with Crippen molar-refractivity contribution in [1.29, 1.82) is 0 Å². The molecule has 3 rings (SSSR count). The average molecular weight is 341 g/mol. The average Bonchev–Trinajstić information content (AvgIpc) is 2.62. The van der Waals surface area contributed by atoms with E-state index in [0.717, 1.165) is 34.9 Å². The summed E-state index contributed by atoms with van der Waals surface area (Å²) in [5.41, 5.74) is 0.966. The number of carboxylic acids is 1. The van der Waals surface area contributed by atoms with Crippen LogP contribution in [0.1, 0.15) is 31.2 Å². The zero-order chi connectivity index (χ0) is 17.8. The molecule has 0 saturated heterocycles. The maximum Gasteiger partial charge on any atom is 0.306 e. The largest absolute Gasteiger partial charge is 0.497 e. The molecule has 0 unspecified atom stereocenters. The number of fused-ring (bicyclic) bond motifs is 1. The highest BCUT2D eigenvalue weighted by Crippen LogP contribution is 2.26. The fraction of sp³-hybridized carbons (Fsp3) is 0.400. The van der Waals surface area contributed by atoms with Gasteiger partial charge in [-0.15, -0.1) is 0 Å². The molecule has 0 bridgehead atoms. The summed E-state index contributed by atoms with van der Waals surface area (Å²) in [7, 11) is 1.63. The number of hydrogen-bond acceptors (Lipinski definition) is 3. The molecule has 0 spiro atoms. The Kier molecular flexibility index (Phi) is 5.22. The molecule has 0 atom stereocenters. The first-order chi connectivity index (χ1) is 12.1. The minimum Gasteiger partial charge on any atom is -0.497 e. The van der Waals surface area contributed by atoms with Gasteiger partial charge in [0.25, 0.3) is 0 Å². The van der Waals surface area contributed by atoms with Crippen LogP contribution in [-0.2, 0) is 16.0 Å². The summed E-state index contributed by atoms with van der Waals surface area (Å²) in [4.78, 5) is 23.4. The van der Waals surface area contributed by atoms with Gasteiger partial charge in [-0.25, -0.2) is 0 Å². The molecule has 0 aliphatic heterocycles. The summed E-state index contributed by atoms with van der Waals surface area (Å²) in [6.45, 7) is 0. The molecule has 5 heteroatoms. The number of carboxylic acid groups (broad SMARTS) is 1. The van der Waals surface area contributed by atoms with Gasteiger partial charge in [-0.3, -0.25) is 9.59 Å². The van der Waals surface area contributed by atoms with Crippen LogP contribution in [-0.4, -0.2) is 30.1 Å². The SMILES string of the molecule is COc1ccc2cccc(CC(=O)NC3CCC(C(=O)O)CC3)c2c1. The number of rotatable bonds is 5. The van der Waals surface area contributed by atoms with Gasteiger partial charge in [0.1, 0.15) is 5.75 Å². The molecule has 2 aromatic rings. The normalized spacial score (nSPS) is 20.2. The predicted molar refractivity (Wildman–Crippen MR) is 95.7 cm³/mol. The maximum atomic E-state index is 12.4. The van der Waals surface area contributed by atoms with E-state index in [-0.39, 0.29) is 17.9 Å². The second-order valence-electron chi connectivity index (χ2n) is 6.64. The number of methoxy groups -OCH3 is 1. The lowest BCUT2D eigenvalue weighted by atomic mass is 9.86. The van der Waals surface area contributed by atoms with E-state index in [1.807, 2.05) is 36.4 Å². The van der Waals surface area contributed by atoms with Crippen molar-refractivity contribution in [2.24, 2.45) is 5.92 Å². The van der Waals surface area contributed by atoms with E-state index >= 15 is 0 Å². The highest BCUT2D eigenvalue weighted by atomic mass is 16.5. The molecular formula is C20H23NO4. The molecule has 1 amide bonds. The van der Waals surface area contributed by atoms with Crippen molar-refractivity contribution >= 4 is 22.6 Å². The summed E-state index contributed by atoms with van der Waals surface area (Å²) in [5, 5.41) is 14.2. The van der Waals surface area contributed by atoms with E-state index in [4.69, 9.17) is 9.84 Å². The summed E-state index contributed by atoms with van der Waals surface area (Å²) < 4.78 is 5.28. The van der Waals surface area contributed by atoms with Crippen LogP contribution in [0.2, 0.25) is 0 Å². The molecule has 5 nitrogen and oxygen atoms in total. The smallest absolute Gasteiger partial charge is 0.306 e. The van der Waals surface area contributed by atoms with Crippen LogP contribution < -0.4 is 10.1 Å². The van der Waals surface area contributed by atoms with E-state index in [0.29, 0.717) is 19.3 Å². The van der Waals surface area contributed by atoms with Crippen LogP contribution in [0.4, 0.5) is 0 Å². The Labute approximate surface area is 147 Å². The first kappa shape index (κ1) is 17.3. The molecule has 0 heterocycles. The van der Waals surface area contributed by atoms with Gasteiger partial charge in [-0.1, -0.05) is 24.3 Å². The molecule has 2 aromatic carbocycles. The first-order valence-corrected chi connectivity index (χ1v) is 8.64. The lowest BCUT2D eigenvalue weighted by Crippen LogP contribution is -2.39. The molecule has 0 aromatic heterocycles. The van der Waals surface area contributed by atoms with Crippen LogP contribution in [0.25, 0.3) is 10.8 Å². The molecule has 1 aliphatic rings. The Morgan fingerprint density at radius 3 is 2.60 bits per heavy atom. The van der Waals surface area contributed by atoms with Crippen molar-refractivity contribution in [3.8, 4) is 5.75 Å². The van der Waals surface area contributed by atoms with Gasteiger partial charge in [0.2, 0.25) is 5.91 Å². The highest BCUT2D eigenvalue weighted by Gasteiger charge is 2.26. The number of carbonyl (C=O) groups is 2. The molecule has 132 valence electrons. The van der Waals surface area contributed by atoms with Crippen molar-refractivity contribution in [2.75, 3.05) is 7.11 Å². The van der Waals surface area contributed by atoms with E-state index in [1.54, 1.807) is 7.11 Å². The van der Waals surface area contributed by atoms with E-state index < -0.39 is 5.97 Å². The lowest BCUT2D eigenvalue weighted by molar-refractivity contribution is -0.142. The third-order valence-corrected chi connectivity index (χ3v) is 4.97. The number of ether oxygens (including phenoxy) is 1. The van der Waals surface area contributed by atoms with Crippen molar-refractivity contribution < 1.29 is 19.4 Å². The summed E-state index contributed by atoms with van der Waals surface area (Å²) >= 11 is 0. The minimum atomic E-state index is -0.727. The van der Waals surface area contributed by atoms with E-state index in [2.05, 4.69) is 5.32 Å². The Balaban J connectivity index is 1.65. The van der Waals surface area contributed by atoms with Crippen molar-refractivity contribution in [2.45, 2.75) is 38.1 Å². The Bertz CT molecular complexity index is 778. The van der Waals surface area contributed by atoms with Crippen molar-refractivity contribution in [1.82, 2.24) is 5.32 Å². The van der Waals surface area contributed by atoms with E-state index in [9.17, 15) is 9.59 Å². The molecule has 1 fully saturated rings. The Hall–Kier alpha value is -2.56. The quantitative estimate of drug-likeness (QED) is 0.876. The lowest BCUT2D eigenvalue weighted by Gasteiger charge is -2.26. The molecule has 1 aliphatic carbocycles. The summed E-state index contributed by atoms with van der Waals surface area (Å²) in [6, 6.07) is 11.9. The molecular weight excluding hydrogens is 318 g/mol. The second kappa shape index (κ2) is 7.55. The predicted octanol–water partition coefficient (Wildman–Crippen LogP) is 3.15. The van der Waals surface area contributed by atoms with Gasteiger partial charge in [0.15, 0.2) is 0 Å². The number of carbonyl (C=O) groups excluding carboxylic acids is 1. The third-order valence-electron chi connectivity index (χ3n) is 4.97. The first-order valence-electron chi connectivity index (χ1n) is 8.64. The van der Waals surface area contributed by atoms with Crippen LogP contribution in [0.3, 0.4) is 0 Å². The van der Waals surface area contributed by atoms with Gasteiger partial charge in [0.05, 0.1) is 19.4 Å². The zero-order valence-electron chi connectivity index (χ0n) is 14.3. The molecule has 25 heavy (non-hydrogen) atoms. The second-order valence-corrected chi connectivity index (χ2v) is 6.64. The Morgan fingerprint density at radius 1 is 1.16 bits per heavy atom. The zero-order valence-corrected chi connectivity index (χ0v) is 14.3. The number of amides is 1. The molecule has 2 N–H and O–H groups in total. The minimum absolute atomic E-state index is 0.0194. The van der Waals surface area contributed by atoms with Gasteiger partial charge in [0, 0.05) is 6.04 Å². The highest BCUT2D eigenvalue weighted by molar-refractivity contribution is 5.91. The standard InChI is InChI=1S/C20H23NO4/c1-25-17-10-7-13-3-2-4-15(18(13)12-17)11-19(22)21-16-8-5-14(6-9-16)20(23)24/h2-4,7,10,12,14,16H,5-6,8-9,11H2,1H3,(H,21,22)(H,23,24).